The van der Waals surface area contributed by atoms with Crippen molar-refractivity contribution < 1.29 is 33.4 Å². The number of nitrogens with one attached hydrogen (secondary N) is 2. The van der Waals surface area contributed by atoms with E-state index in [0.717, 1.165) is 16.5 Å². The predicted molar refractivity (Wildman–Crippen MR) is 181 cm³/mol. The van der Waals surface area contributed by atoms with Crippen molar-refractivity contribution in [3.05, 3.63) is 47.7 Å². The maximum atomic E-state index is 13.2. The molecule has 1 aliphatic rings. The van der Waals surface area contributed by atoms with Gasteiger partial charge in [0.1, 0.15) is 30.9 Å². The van der Waals surface area contributed by atoms with Crippen molar-refractivity contribution in [1.82, 2.24) is 20.7 Å². The highest BCUT2D eigenvalue weighted by Gasteiger charge is 2.34. The fourth-order valence-electron chi connectivity index (χ4n) is 4.91. The molecule has 0 radical (unpaired) electrons. The molecule has 2 heterocycles. The summed E-state index contributed by atoms with van der Waals surface area (Å²) in [5.41, 5.74) is 5.24. The van der Waals surface area contributed by atoms with Crippen LogP contribution in [-0.2, 0) is 33.4 Å². The van der Waals surface area contributed by atoms with Crippen LogP contribution >= 0.6 is 34.8 Å². The molecule has 1 fully saturated rings. The molecule has 5 atom stereocenters. The number of esters is 2. The number of alkyl halides is 3. The molecule has 1 aromatic carbocycles. The largest absolute Gasteiger partial charge is 0.460 e. The molecule has 11 nitrogen and oxygen atoms in total. The first kappa shape index (κ1) is 38.5. The van der Waals surface area contributed by atoms with E-state index in [9.17, 15) is 19.2 Å². The second kappa shape index (κ2) is 17.4. The van der Waals surface area contributed by atoms with E-state index in [-0.39, 0.29) is 24.4 Å². The van der Waals surface area contributed by atoms with Gasteiger partial charge in [-0.25, -0.2) is 10.4 Å². The monoisotopic (exact) mass is 712 g/mol. The van der Waals surface area contributed by atoms with Gasteiger partial charge in [0.2, 0.25) is 9.70 Å². The fourth-order valence-corrected chi connectivity index (χ4v) is 5.07. The molecule has 0 aliphatic carbocycles. The van der Waals surface area contributed by atoms with Gasteiger partial charge in [0.25, 0.3) is 5.91 Å². The minimum atomic E-state index is -1.74. The molecule has 0 bridgehead atoms. The maximum absolute atomic E-state index is 13.2. The quantitative estimate of drug-likeness (QED) is 0.205. The van der Waals surface area contributed by atoms with Gasteiger partial charge in [-0.2, -0.15) is 0 Å². The van der Waals surface area contributed by atoms with Crippen LogP contribution in [0.5, 0.6) is 0 Å². The van der Waals surface area contributed by atoms with Gasteiger partial charge >= 0.3 is 11.9 Å². The van der Waals surface area contributed by atoms with Crippen LogP contribution in [0.15, 0.2) is 36.4 Å². The zero-order valence-electron chi connectivity index (χ0n) is 27.4. The van der Waals surface area contributed by atoms with E-state index in [1.54, 1.807) is 13.8 Å². The molecule has 47 heavy (non-hydrogen) atoms. The van der Waals surface area contributed by atoms with Gasteiger partial charge in [-0.05, 0) is 56.2 Å². The van der Waals surface area contributed by atoms with E-state index in [2.05, 4.69) is 15.7 Å². The SMILES string of the molecule is CC(=O)O[C@H](C)c1ccc2ccc(C=CC(C)CO[C@H](C(=O)N[C@@H](C)C(=O)N3CCC[C@@H](C(=O)OCC(Cl)(Cl)Cl)N3)C(C)C)cc2n1. The molecule has 1 unspecified atom stereocenters. The summed E-state index contributed by atoms with van der Waals surface area (Å²) < 4.78 is 14.6. The number of pyridine rings is 1. The van der Waals surface area contributed by atoms with Crippen molar-refractivity contribution in [2.24, 2.45) is 11.8 Å². The summed E-state index contributed by atoms with van der Waals surface area (Å²) in [7, 11) is 0. The van der Waals surface area contributed by atoms with Crippen LogP contribution in [0.25, 0.3) is 17.0 Å². The second-order valence-corrected chi connectivity index (χ2v) is 14.6. The Kier molecular flexibility index (Phi) is 14.3. The zero-order valence-corrected chi connectivity index (χ0v) is 29.7. The van der Waals surface area contributed by atoms with Crippen LogP contribution in [0, 0.1) is 11.8 Å². The molecule has 2 aromatic rings. The lowest BCUT2D eigenvalue weighted by Crippen LogP contribution is -2.60. The first-order valence-electron chi connectivity index (χ1n) is 15.5. The summed E-state index contributed by atoms with van der Waals surface area (Å²) in [6.45, 7) is 10.7. The van der Waals surface area contributed by atoms with Gasteiger partial charge in [0, 0.05) is 18.9 Å². The number of amides is 2. The third-order valence-electron chi connectivity index (χ3n) is 7.36. The number of rotatable bonds is 13. The summed E-state index contributed by atoms with van der Waals surface area (Å²) in [4.78, 5) is 54.7. The van der Waals surface area contributed by atoms with Gasteiger partial charge in [-0.15, -0.1) is 0 Å². The Morgan fingerprint density at radius 2 is 1.81 bits per heavy atom. The molecule has 14 heteroatoms. The minimum absolute atomic E-state index is 0.0297. The lowest BCUT2D eigenvalue weighted by atomic mass is 10.0. The van der Waals surface area contributed by atoms with Crippen LogP contribution in [0.1, 0.15) is 71.7 Å². The third-order valence-corrected chi connectivity index (χ3v) is 7.69. The number of halogens is 3. The summed E-state index contributed by atoms with van der Waals surface area (Å²) in [5.74, 6) is -2.01. The molecule has 3 rings (SSSR count). The average molecular weight is 714 g/mol. The van der Waals surface area contributed by atoms with Gasteiger partial charge in [0.05, 0.1) is 17.8 Å². The van der Waals surface area contributed by atoms with Crippen LogP contribution in [0.2, 0.25) is 0 Å². The van der Waals surface area contributed by atoms with Crippen molar-refractivity contribution >= 4 is 75.5 Å². The van der Waals surface area contributed by atoms with E-state index in [4.69, 9.17) is 49.0 Å². The highest BCUT2D eigenvalue weighted by atomic mass is 35.6. The zero-order chi connectivity index (χ0) is 34.9. The van der Waals surface area contributed by atoms with E-state index in [1.807, 2.05) is 63.3 Å². The number of nitrogens with zero attached hydrogens (tertiary/aromatic N) is 2. The molecule has 1 aromatic heterocycles. The second-order valence-electron chi connectivity index (χ2n) is 12.0. The van der Waals surface area contributed by atoms with Crippen molar-refractivity contribution in [3.8, 4) is 0 Å². The summed E-state index contributed by atoms with van der Waals surface area (Å²) in [6.07, 6.45) is 3.70. The highest BCUT2D eigenvalue weighted by molar-refractivity contribution is 6.67. The van der Waals surface area contributed by atoms with E-state index < -0.39 is 52.5 Å². The van der Waals surface area contributed by atoms with Gasteiger partial charge in [-0.1, -0.05) is 85.9 Å². The van der Waals surface area contributed by atoms with Crippen molar-refractivity contribution in [2.75, 3.05) is 19.8 Å². The molecule has 2 amide bonds. The van der Waals surface area contributed by atoms with Crippen molar-refractivity contribution in [2.45, 2.75) is 82.5 Å². The van der Waals surface area contributed by atoms with Crippen LogP contribution in [0.3, 0.4) is 0 Å². The number of benzene rings is 1. The van der Waals surface area contributed by atoms with Crippen LogP contribution < -0.4 is 10.7 Å². The van der Waals surface area contributed by atoms with Crippen molar-refractivity contribution in [1.29, 1.82) is 0 Å². The molecule has 1 aliphatic heterocycles. The average Bonchev–Trinajstić information content (AvgIpc) is 3.01. The lowest BCUT2D eigenvalue weighted by Gasteiger charge is -2.34. The third kappa shape index (κ3) is 12.2. The minimum Gasteiger partial charge on any atom is -0.460 e. The molecular formula is C33H43Cl3N4O7. The smallest absolute Gasteiger partial charge is 0.325 e. The summed E-state index contributed by atoms with van der Waals surface area (Å²) in [6, 6.07) is 8.04. The topological polar surface area (TPSA) is 136 Å². The maximum Gasteiger partial charge on any atom is 0.325 e. The number of fused-ring (bicyclic) bond motifs is 1. The number of hydrogen-bond acceptors (Lipinski definition) is 9. The van der Waals surface area contributed by atoms with E-state index in [1.165, 1.54) is 11.9 Å². The lowest BCUT2D eigenvalue weighted by molar-refractivity contribution is -0.153. The first-order chi connectivity index (χ1) is 22.0. The van der Waals surface area contributed by atoms with Gasteiger partial charge in [-0.3, -0.25) is 24.2 Å². The fraction of sp³-hybridized carbons (Fsp3) is 0.545. The number of hydrogen-bond donors (Lipinski definition) is 2. The number of carbonyl (C=O) groups excluding carboxylic acids is 4. The van der Waals surface area contributed by atoms with Gasteiger partial charge < -0.3 is 19.5 Å². The Balaban J connectivity index is 1.54. The first-order valence-corrected chi connectivity index (χ1v) is 16.7. The Hall–Kier alpha value is -2.96. The Morgan fingerprint density at radius 3 is 2.47 bits per heavy atom. The molecule has 0 spiro atoms. The van der Waals surface area contributed by atoms with Crippen molar-refractivity contribution in [3.63, 3.8) is 0 Å². The Morgan fingerprint density at radius 1 is 1.11 bits per heavy atom. The Labute approximate surface area is 290 Å². The summed E-state index contributed by atoms with van der Waals surface area (Å²) >= 11 is 17.0. The normalized spacial score (nSPS) is 18.1. The van der Waals surface area contributed by atoms with E-state index in [0.29, 0.717) is 25.1 Å². The van der Waals surface area contributed by atoms with Crippen LogP contribution in [0.4, 0.5) is 0 Å². The van der Waals surface area contributed by atoms with E-state index >= 15 is 0 Å². The summed E-state index contributed by atoms with van der Waals surface area (Å²) in [5, 5.41) is 5.02. The van der Waals surface area contributed by atoms with Crippen LogP contribution in [-0.4, -0.2) is 75.5 Å². The molecule has 0 saturated carbocycles. The highest BCUT2D eigenvalue weighted by Crippen LogP contribution is 2.26. The molecular weight excluding hydrogens is 671 g/mol. The number of hydrazine groups is 1. The molecule has 1 saturated heterocycles. The molecule has 2 N–H and O–H groups in total. The number of ether oxygens (including phenoxy) is 3. The predicted octanol–water partition coefficient (Wildman–Crippen LogP) is 5.46. The number of carbonyl (C=O) groups is 4. The Bertz CT molecular complexity index is 1450. The standard InChI is InChI=1S/C33H43Cl3N4O7/c1-19(2)29(30(42)37-21(4)31(43)40-15-7-8-27(39-40)32(44)46-18-33(34,35)36)45-17-20(3)9-10-24-11-12-25-13-14-26(38-28(25)16-24)22(5)47-23(6)41/h9-14,16,19-22,27,29,39H,7-8,15,17-18H2,1-6H3,(H,37,42)/t20?,21-,22+,27-,29-/m0/s1. The van der Waals surface area contributed by atoms with Gasteiger partial charge in [0.15, 0.2) is 0 Å². The molecule has 258 valence electrons. The number of aromatic nitrogens is 1.